The Labute approximate surface area is 109 Å². The second kappa shape index (κ2) is 5.90. The number of benzene rings is 1. The third-order valence-electron chi connectivity index (χ3n) is 2.48. The highest BCUT2D eigenvalue weighted by Gasteiger charge is 2.12. The number of esters is 1. The second-order valence-corrected chi connectivity index (χ2v) is 3.79. The number of methoxy groups -OCH3 is 1. The van der Waals surface area contributed by atoms with E-state index in [2.05, 4.69) is 20.0 Å². The number of carbonyl (C=O) groups excluding carboxylic acids is 1. The van der Waals surface area contributed by atoms with E-state index in [-0.39, 0.29) is 5.56 Å². The first kappa shape index (κ1) is 12.9. The van der Waals surface area contributed by atoms with Crippen LogP contribution in [0, 0.1) is 5.82 Å². The molecule has 0 aliphatic rings. The van der Waals surface area contributed by atoms with Crippen LogP contribution in [-0.4, -0.2) is 23.0 Å². The van der Waals surface area contributed by atoms with Gasteiger partial charge in [0.2, 0.25) is 0 Å². The largest absolute Gasteiger partial charge is 0.465 e. The van der Waals surface area contributed by atoms with Crippen LogP contribution in [0.1, 0.15) is 15.9 Å². The Bertz CT molecular complexity index is 575. The minimum Gasteiger partial charge on any atom is -0.465 e. The Balaban J connectivity index is 2.11. The van der Waals surface area contributed by atoms with Crippen molar-refractivity contribution in [3.8, 4) is 0 Å². The molecule has 0 aliphatic carbocycles. The lowest BCUT2D eigenvalue weighted by atomic mass is 10.2. The first-order valence-corrected chi connectivity index (χ1v) is 5.56. The van der Waals surface area contributed by atoms with Crippen LogP contribution in [0.4, 0.5) is 10.1 Å². The number of anilines is 1. The van der Waals surface area contributed by atoms with E-state index in [1.54, 1.807) is 18.5 Å². The number of rotatable bonds is 4. The highest BCUT2D eigenvalue weighted by atomic mass is 19.1. The van der Waals surface area contributed by atoms with Gasteiger partial charge in [-0.25, -0.2) is 19.2 Å². The van der Waals surface area contributed by atoms with E-state index in [9.17, 15) is 9.18 Å². The molecule has 1 aromatic heterocycles. The standard InChI is InChI=1S/C13H12FN3O2/c1-19-13(18)11-4-10(2-3-12(11)14)17-7-9-5-15-8-16-6-9/h2-6,8,17H,7H2,1H3. The van der Waals surface area contributed by atoms with Crippen molar-refractivity contribution in [3.05, 3.63) is 53.9 Å². The molecule has 98 valence electrons. The SMILES string of the molecule is COC(=O)c1cc(NCc2cncnc2)ccc1F. The van der Waals surface area contributed by atoms with Gasteiger partial charge in [0.1, 0.15) is 12.1 Å². The topological polar surface area (TPSA) is 64.1 Å². The second-order valence-electron chi connectivity index (χ2n) is 3.79. The summed E-state index contributed by atoms with van der Waals surface area (Å²) in [4.78, 5) is 19.1. The third kappa shape index (κ3) is 3.25. The summed E-state index contributed by atoms with van der Waals surface area (Å²) < 4.78 is 17.9. The van der Waals surface area contributed by atoms with Crippen LogP contribution < -0.4 is 5.32 Å². The van der Waals surface area contributed by atoms with E-state index in [0.29, 0.717) is 12.2 Å². The fourth-order valence-electron chi connectivity index (χ4n) is 1.53. The van der Waals surface area contributed by atoms with Gasteiger partial charge < -0.3 is 10.1 Å². The predicted molar refractivity (Wildman–Crippen MR) is 67.1 cm³/mol. The van der Waals surface area contributed by atoms with E-state index in [1.165, 1.54) is 25.6 Å². The first-order valence-electron chi connectivity index (χ1n) is 5.56. The zero-order valence-corrected chi connectivity index (χ0v) is 10.3. The molecular formula is C13H12FN3O2. The highest BCUT2D eigenvalue weighted by molar-refractivity contribution is 5.90. The van der Waals surface area contributed by atoms with Crippen molar-refractivity contribution < 1.29 is 13.9 Å². The molecule has 0 fully saturated rings. The van der Waals surface area contributed by atoms with Gasteiger partial charge in [-0.05, 0) is 18.2 Å². The van der Waals surface area contributed by atoms with E-state index in [1.807, 2.05) is 0 Å². The average Bonchev–Trinajstić information content (AvgIpc) is 2.46. The molecule has 0 amide bonds. The molecule has 0 bridgehead atoms. The van der Waals surface area contributed by atoms with Gasteiger partial charge in [-0.2, -0.15) is 0 Å². The van der Waals surface area contributed by atoms with Crippen LogP contribution in [0.25, 0.3) is 0 Å². The quantitative estimate of drug-likeness (QED) is 0.853. The lowest BCUT2D eigenvalue weighted by molar-refractivity contribution is 0.0595. The summed E-state index contributed by atoms with van der Waals surface area (Å²) in [5.74, 6) is -1.32. The number of nitrogens with one attached hydrogen (secondary N) is 1. The molecule has 19 heavy (non-hydrogen) atoms. The summed E-state index contributed by atoms with van der Waals surface area (Å²) in [5.41, 5.74) is 1.40. The van der Waals surface area contributed by atoms with E-state index in [0.717, 1.165) is 5.56 Å². The molecule has 1 heterocycles. The van der Waals surface area contributed by atoms with Gasteiger partial charge in [0.15, 0.2) is 0 Å². The van der Waals surface area contributed by atoms with Crippen molar-refractivity contribution >= 4 is 11.7 Å². The first-order chi connectivity index (χ1) is 9.20. The molecule has 0 saturated carbocycles. The number of halogens is 1. The molecule has 5 nitrogen and oxygen atoms in total. The van der Waals surface area contributed by atoms with Crippen LogP contribution in [0.2, 0.25) is 0 Å². The summed E-state index contributed by atoms with van der Waals surface area (Å²) in [6.07, 6.45) is 4.78. The van der Waals surface area contributed by atoms with Crippen LogP contribution >= 0.6 is 0 Å². The van der Waals surface area contributed by atoms with Crippen molar-refractivity contribution in [1.29, 1.82) is 0 Å². The summed E-state index contributed by atoms with van der Waals surface area (Å²) in [6, 6.07) is 4.17. The molecule has 0 saturated heterocycles. The van der Waals surface area contributed by atoms with E-state index < -0.39 is 11.8 Å². The van der Waals surface area contributed by atoms with Crippen LogP contribution in [-0.2, 0) is 11.3 Å². The zero-order chi connectivity index (χ0) is 13.7. The summed E-state index contributed by atoms with van der Waals surface area (Å²) in [7, 11) is 1.21. The molecule has 6 heteroatoms. The molecule has 0 spiro atoms. The lowest BCUT2D eigenvalue weighted by Gasteiger charge is -2.08. The van der Waals surface area contributed by atoms with Gasteiger partial charge in [-0.1, -0.05) is 0 Å². The van der Waals surface area contributed by atoms with Crippen LogP contribution in [0.15, 0.2) is 36.9 Å². The van der Waals surface area contributed by atoms with Crippen molar-refractivity contribution in [2.75, 3.05) is 12.4 Å². The molecule has 1 aromatic carbocycles. The molecule has 2 rings (SSSR count). The molecule has 0 aliphatic heterocycles. The highest BCUT2D eigenvalue weighted by Crippen LogP contribution is 2.16. The van der Waals surface area contributed by atoms with Gasteiger partial charge in [0.25, 0.3) is 0 Å². The Morgan fingerprint density at radius 2 is 2.11 bits per heavy atom. The van der Waals surface area contributed by atoms with Gasteiger partial charge in [0.05, 0.1) is 12.7 Å². The Kier molecular flexibility index (Phi) is 4.02. The Hall–Kier alpha value is -2.50. The Morgan fingerprint density at radius 1 is 1.37 bits per heavy atom. The molecule has 0 unspecified atom stereocenters. The van der Waals surface area contributed by atoms with E-state index in [4.69, 9.17) is 0 Å². The van der Waals surface area contributed by atoms with Crippen molar-refractivity contribution in [3.63, 3.8) is 0 Å². The molecule has 0 radical (unpaired) electrons. The maximum Gasteiger partial charge on any atom is 0.340 e. The van der Waals surface area contributed by atoms with Crippen molar-refractivity contribution in [2.45, 2.75) is 6.54 Å². The third-order valence-corrected chi connectivity index (χ3v) is 2.48. The van der Waals surface area contributed by atoms with Crippen molar-refractivity contribution in [2.24, 2.45) is 0 Å². The lowest BCUT2D eigenvalue weighted by Crippen LogP contribution is -2.06. The molecule has 2 aromatic rings. The molecule has 0 atom stereocenters. The van der Waals surface area contributed by atoms with Gasteiger partial charge in [-0.3, -0.25) is 0 Å². The zero-order valence-electron chi connectivity index (χ0n) is 10.3. The number of aromatic nitrogens is 2. The maximum absolute atomic E-state index is 13.4. The number of hydrogen-bond acceptors (Lipinski definition) is 5. The minimum atomic E-state index is -0.704. The minimum absolute atomic E-state index is 0.100. The average molecular weight is 261 g/mol. The summed E-state index contributed by atoms with van der Waals surface area (Å²) in [6.45, 7) is 0.479. The Morgan fingerprint density at radius 3 is 2.79 bits per heavy atom. The number of ether oxygens (including phenoxy) is 1. The maximum atomic E-state index is 13.4. The van der Waals surface area contributed by atoms with Crippen LogP contribution in [0.5, 0.6) is 0 Å². The van der Waals surface area contributed by atoms with Gasteiger partial charge in [0, 0.05) is 30.2 Å². The predicted octanol–water partition coefficient (Wildman–Crippen LogP) is 2.01. The van der Waals surface area contributed by atoms with Gasteiger partial charge in [-0.15, -0.1) is 0 Å². The normalized spacial score (nSPS) is 10.0. The fraction of sp³-hybridized carbons (Fsp3) is 0.154. The smallest absolute Gasteiger partial charge is 0.340 e. The number of carbonyl (C=O) groups is 1. The molecule has 1 N–H and O–H groups in total. The molecular weight excluding hydrogens is 249 g/mol. The summed E-state index contributed by atoms with van der Waals surface area (Å²) in [5, 5.41) is 3.05. The number of hydrogen-bond donors (Lipinski definition) is 1. The van der Waals surface area contributed by atoms with Gasteiger partial charge >= 0.3 is 5.97 Å². The van der Waals surface area contributed by atoms with E-state index >= 15 is 0 Å². The monoisotopic (exact) mass is 261 g/mol. The van der Waals surface area contributed by atoms with Crippen LogP contribution in [0.3, 0.4) is 0 Å². The fourth-order valence-corrected chi connectivity index (χ4v) is 1.53. The number of nitrogens with zero attached hydrogens (tertiary/aromatic N) is 2. The van der Waals surface area contributed by atoms with Crippen molar-refractivity contribution in [1.82, 2.24) is 9.97 Å². The summed E-state index contributed by atoms with van der Waals surface area (Å²) >= 11 is 0.